The zero-order valence-corrected chi connectivity index (χ0v) is 13.0. The number of carbonyl (C=O) groups is 1. The molecular weight excluding hydrogens is 260 g/mol. The van der Waals surface area contributed by atoms with Crippen LogP contribution < -0.4 is 11.1 Å². The second-order valence-corrected chi connectivity index (χ2v) is 6.57. The third kappa shape index (κ3) is 6.07. The van der Waals surface area contributed by atoms with Crippen LogP contribution in [0.15, 0.2) is 11.4 Å². The van der Waals surface area contributed by atoms with Crippen LogP contribution in [0.1, 0.15) is 38.1 Å². The number of rotatable bonds is 5. The van der Waals surface area contributed by atoms with Crippen molar-refractivity contribution in [1.82, 2.24) is 5.32 Å². The van der Waals surface area contributed by atoms with Gasteiger partial charge in [0.25, 0.3) is 0 Å². The molecule has 1 amide bonds. The maximum absolute atomic E-state index is 11.5. The second kappa shape index (κ2) is 6.91. The summed E-state index contributed by atoms with van der Waals surface area (Å²) in [7, 11) is 0. The van der Waals surface area contributed by atoms with Gasteiger partial charge < -0.3 is 15.8 Å². The number of thiophene rings is 1. The van der Waals surface area contributed by atoms with Crippen molar-refractivity contribution in [3.05, 3.63) is 21.9 Å². The number of amides is 1. The smallest absolute Gasteiger partial charge is 0.407 e. The molecule has 0 saturated carbocycles. The van der Waals surface area contributed by atoms with E-state index in [1.807, 2.05) is 20.8 Å². The van der Waals surface area contributed by atoms with E-state index in [2.05, 4.69) is 23.7 Å². The number of hydrogen-bond acceptors (Lipinski definition) is 4. The summed E-state index contributed by atoms with van der Waals surface area (Å²) in [6, 6.07) is 2.05. The minimum absolute atomic E-state index is 0.0866. The molecule has 0 saturated heterocycles. The number of alkyl carbamates (subject to hydrolysis) is 1. The van der Waals surface area contributed by atoms with Crippen LogP contribution in [0.4, 0.5) is 4.79 Å². The predicted octanol–water partition coefficient (Wildman–Crippen LogP) is 2.71. The fourth-order valence-corrected chi connectivity index (χ4v) is 2.77. The number of nitrogens with two attached hydrogens (primary N) is 1. The molecule has 0 aliphatic carbocycles. The first-order chi connectivity index (χ1) is 8.81. The van der Waals surface area contributed by atoms with Gasteiger partial charge in [-0.25, -0.2) is 4.79 Å². The largest absolute Gasteiger partial charge is 0.444 e. The van der Waals surface area contributed by atoms with E-state index in [0.29, 0.717) is 6.54 Å². The van der Waals surface area contributed by atoms with Crippen LogP contribution in [-0.4, -0.2) is 24.3 Å². The van der Waals surface area contributed by atoms with Gasteiger partial charge >= 0.3 is 6.09 Å². The summed E-state index contributed by atoms with van der Waals surface area (Å²) in [6.07, 6.45) is 1.40. The molecule has 19 heavy (non-hydrogen) atoms. The van der Waals surface area contributed by atoms with E-state index in [-0.39, 0.29) is 6.04 Å². The van der Waals surface area contributed by atoms with Gasteiger partial charge in [-0.15, -0.1) is 11.3 Å². The lowest BCUT2D eigenvalue weighted by atomic mass is 10.1. The molecule has 3 N–H and O–H groups in total. The standard InChI is InChI=1S/C14H24N2O2S/c1-5-10-6-7-19-12(10)8-11(15)9-16-13(17)18-14(2,3)4/h6-7,11H,5,8-9,15H2,1-4H3,(H,16,17). The van der Waals surface area contributed by atoms with E-state index < -0.39 is 11.7 Å². The van der Waals surface area contributed by atoms with Gasteiger partial charge in [-0.05, 0) is 50.6 Å². The Balaban J connectivity index is 2.36. The van der Waals surface area contributed by atoms with Crippen molar-refractivity contribution >= 4 is 17.4 Å². The first-order valence-corrected chi connectivity index (χ1v) is 7.47. The summed E-state index contributed by atoms with van der Waals surface area (Å²) in [6.45, 7) is 8.08. The Bertz CT molecular complexity index is 410. The Morgan fingerprint density at radius 3 is 2.79 bits per heavy atom. The van der Waals surface area contributed by atoms with E-state index in [0.717, 1.165) is 12.8 Å². The summed E-state index contributed by atoms with van der Waals surface area (Å²) >= 11 is 1.72. The number of hydrogen-bond donors (Lipinski definition) is 2. The fraction of sp³-hybridized carbons (Fsp3) is 0.643. The highest BCUT2D eigenvalue weighted by molar-refractivity contribution is 7.10. The van der Waals surface area contributed by atoms with Gasteiger partial charge in [0.15, 0.2) is 0 Å². The lowest BCUT2D eigenvalue weighted by molar-refractivity contribution is 0.0524. The topological polar surface area (TPSA) is 64.3 Å². The van der Waals surface area contributed by atoms with Crippen LogP contribution in [0.3, 0.4) is 0 Å². The van der Waals surface area contributed by atoms with Gasteiger partial charge in [0.1, 0.15) is 5.60 Å². The van der Waals surface area contributed by atoms with Crippen LogP contribution in [0.25, 0.3) is 0 Å². The molecular formula is C14H24N2O2S. The van der Waals surface area contributed by atoms with Crippen LogP contribution in [0.5, 0.6) is 0 Å². The van der Waals surface area contributed by atoms with Crippen molar-refractivity contribution in [3.63, 3.8) is 0 Å². The molecule has 1 rings (SSSR count). The van der Waals surface area contributed by atoms with Crippen molar-refractivity contribution in [3.8, 4) is 0 Å². The average Bonchev–Trinajstić information content (AvgIpc) is 2.71. The van der Waals surface area contributed by atoms with Gasteiger partial charge in [-0.1, -0.05) is 6.92 Å². The second-order valence-electron chi connectivity index (χ2n) is 5.57. The Kier molecular flexibility index (Phi) is 5.82. The Morgan fingerprint density at radius 2 is 2.21 bits per heavy atom. The zero-order valence-electron chi connectivity index (χ0n) is 12.2. The van der Waals surface area contributed by atoms with Crippen LogP contribution in [-0.2, 0) is 17.6 Å². The van der Waals surface area contributed by atoms with Gasteiger partial charge in [0.2, 0.25) is 0 Å². The molecule has 0 spiro atoms. The highest BCUT2D eigenvalue weighted by Crippen LogP contribution is 2.18. The molecule has 1 unspecified atom stereocenters. The van der Waals surface area contributed by atoms with E-state index >= 15 is 0 Å². The maximum Gasteiger partial charge on any atom is 0.407 e. The van der Waals surface area contributed by atoms with Crippen LogP contribution in [0.2, 0.25) is 0 Å². The van der Waals surface area contributed by atoms with Crippen molar-refractivity contribution in [2.24, 2.45) is 5.73 Å². The molecule has 0 radical (unpaired) electrons. The SMILES string of the molecule is CCc1ccsc1CC(N)CNC(=O)OC(C)(C)C. The Labute approximate surface area is 119 Å². The number of nitrogens with one attached hydrogen (secondary N) is 1. The van der Waals surface area contributed by atoms with E-state index in [1.165, 1.54) is 10.4 Å². The van der Waals surface area contributed by atoms with Crippen molar-refractivity contribution in [1.29, 1.82) is 0 Å². The Hall–Kier alpha value is -1.07. The first kappa shape index (κ1) is 16.0. The number of carbonyl (C=O) groups excluding carboxylic acids is 1. The van der Waals surface area contributed by atoms with Crippen molar-refractivity contribution in [2.45, 2.75) is 52.2 Å². The first-order valence-electron chi connectivity index (χ1n) is 6.59. The summed E-state index contributed by atoms with van der Waals surface area (Å²) in [5, 5.41) is 4.79. The molecule has 4 nitrogen and oxygen atoms in total. The number of aryl methyl sites for hydroxylation is 1. The molecule has 0 fully saturated rings. The Morgan fingerprint density at radius 1 is 1.53 bits per heavy atom. The van der Waals surface area contributed by atoms with E-state index in [1.54, 1.807) is 11.3 Å². The maximum atomic E-state index is 11.5. The van der Waals surface area contributed by atoms with Gasteiger partial charge in [-0.2, -0.15) is 0 Å². The molecule has 0 aliphatic rings. The van der Waals surface area contributed by atoms with Crippen LogP contribution >= 0.6 is 11.3 Å². The quantitative estimate of drug-likeness (QED) is 0.873. The molecule has 0 aromatic carbocycles. The third-order valence-corrected chi connectivity index (χ3v) is 3.56. The van der Waals surface area contributed by atoms with Crippen molar-refractivity contribution < 1.29 is 9.53 Å². The molecule has 1 heterocycles. The van der Waals surface area contributed by atoms with Gasteiger partial charge in [-0.3, -0.25) is 0 Å². The van der Waals surface area contributed by atoms with E-state index in [4.69, 9.17) is 10.5 Å². The minimum Gasteiger partial charge on any atom is -0.444 e. The normalized spacial score (nSPS) is 13.1. The summed E-state index contributed by atoms with van der Waals surface area (Å²) < 4.78 is 5.17. The highest BCUT2D eigenvalue weighted by atomic mass is 32.1. The van der Waals surface area contributed by atoms with E-state index in [9.17, 15) is 4.79 Å². The van der Waals surface area contributed by atoms with Crippen molar-refractivity contribution in [2.75, 3.05) is 6.54 Å². The zero-order chi connectivity index (χ0) is 14.5. The lowest BCUT2D eigenvalue weighted by Crippen LogP contribution is -2.41. The fourth-order valence-electron chi connectivity index (χ4n) is 1.70. The molecule has 108 valence electrons. The predicted molar refractivity (Wildman–Crippen MR) is 79.6 cm³/mol. The lowest BCUT2D eigenvalue weighted by Gasteiger charge is -2.20. The minimum atomic E-state index is -0.475. The summed E-state index contributed by atoms with van der Waals surface area (Å²) in [5.41, 5.74) is 6.91. The molecule has 1 aromatic heterocycles. The number of ether oxygens (including phenoxy) is 1. The molecule has 0 bridgehead atoms. The summed E-state index contributed by atoms with van der Waals surface area (Å²) in [4.78, 5) is 12.8. The molecule has 1 atom stereocenters. The van der Waals surface area contributed by atoms with Gasteiger partial charge in [0.05, 0.1) is 0 Å². The summed E-state index contributed by atoms with van der Waals surface area (Å²) in [5.74, 6) is 0. The van der Waals surface area contributed by atoms with Gasteiger partial charge in [0, 0.05) is 17.5 Å². The highest BCUT2D eigenvalue weighted by Gasteiger charge is 2.17. The third-order valence-electron chi connectivity index (χ3n) is 2.57. The monoisotopic (exact) mass is 284 g/mol. The molecule has 1 aromatic rings. The van der Waals surface area contributed by atoms with Crippen LogP contribution in [0, 0.1) is 0 Å². The molecule has 5 heteroatoms. The molecule has 0 aliphatic heterocycles. The average molecular weight is 284 g/mol.